The van der Waals surface area contributed by atoms with Crippen LogP contribution in [0.25, 0.3) is 22.2 Å². The average molecular weight is 323 g/mol. The van der Waals surface area contributed by atoms with Crippen molar-refractivity contribution < 1.29 is 5.11 Å². The number of aryl methyl sites for hydroxylation is 1. The number of rotatable bonds is 3. The van der Waals surface area contributed by atoms with Gasteiger partial charge in [-0.2, -0.15) is 5.10 Å². The Morgan fingerprint density at radius 3 is 2.83 bits per heavy atom. The normalized spacial score (nSPS) is 21.1. The minimum atomic E-state index is -0.148. The van der Waals surface area contributed by atoms with E-state index in [1.54, 1.807) is 12.4 Å². The van der Waals surface area contributed by atoms with Gasteiger partial charge in [-0.15, -0.1) is 0 Å². The quantitative estimate of drug-likeness (QED) is 0.689. The molecule has 1 saturated carbocycles. The summed E-state index contributed by atoms with van der Waals surface area (Å²) in [6.45, 7) is 2.01. The number of hydrogen-bond donors (Lipinski definition) is 3. The predicted octanol–water partition coefficient (Wildman–Crippen LogP) is 3.04. The summed E-state index contributed by atoms with van der Waals surface area (Å²) in [5.74, 6) is 0.790. The molecule has 0 spiro atoms. The van der Waals surface area contributed by atoms with Gasteiger partial charge in [0.2, 0.25) is 0 Å². The van der Waals surface area contributed by atoms with E-state index in [0.717, 1.165) is 59.4 Å². The number of anilines is 1. The highest BCUT2D eigenvalue weighted by Gasteiger charge is 2.19. The summed E-state index contributed by atoms with van der Waals surface area (Å²) in [6.07, 6.45) is 7.02. The third-order valence-electron chi connectivity index (χ3n) is 4.72. The van der Waals surface area contributed by atoms with Gasteiger partial charge >= 0.3 is 0 Å². The number of benzene rings is 1. The summed E-state index contributed by atoms with van der Waals surface area (Å²) < 4.78 is 0. The van der Waals surface area contributed by atoms with E-state index >= 15 is 0 Å². The van der Waals surface area contributed by atoms with Crippen molar-refractivity contribution in [3.63, 3.8) is 0 Å². The Balaban J connectivity index is 1.58. The Kier molecular flexibility index (Phi) is 3.90. The van der Waals surface area contributed by atoms with Crippen LogP contribution >= 0.6 is 0 Å². The highest BCUT2D eigenvalue weighted by molar-refractivity contribution is 5.85. The largest absolute Gasteiger partial charge is 0.393 e. The summed E-state index contributed by atoms with van der Waals surface area (Å²) in [4.78, 5) is 9.04. The standard InChI is InChI=1S/C18H21N5O/c1-11-15-8-12(2-7-16(15)23-22-11)17-9-19-10-18(21-17)20-13-3-5-14(24)6-4-13/h2,7-10,13-14,24H,3-6H2,1H3,(H,20,21)(H,22,23). The summed E-state index contributed by atoms with van der Waals surface area (Å²) in [5, 5.41) is 21.4. The van der Waals surface area contributed by atoms with E-state index in [0.29, 0.717) is 6.04 Å². The van der Waals surface area contributed by atoms with Crippen LogP contribution in [0.3, 0.4) is 0 Å². The van der Waals surface area contributed by atoms with Crippen molar-refractivity contribution >= 4 is 16.7 Å². The molecule has 124 valence electrons. The molecule has 0 unspecified atom stereocenters. The second-order valence-electron chi connectivity index (χ2n) is 6.52. The topological polar surface area (TPSA) is 86.7 Å². The van der Waals surface area contributed by atoms with Crippen molar-refractivity contribution in [1.29, 1.82) is 0 Å². The third kappa shape index (κ3) is 2.97. The lowest BCUT2D eigenvalue weighted by Crippen LogP contribution is -2.28. The molecular weight excluding hydrogens is 302 g/mol. The zero-order chi connectivity index (χ0) is 16.5. The smallest absolute Gasteiger partial charge is 0.145 e. The number of aromatic nitrogens is 4. The maximum atomic E-state index is 9.61. The molecule has 3 N–H and O–H groups in total. The van der Waals surface area contributed by atoms with Gasteiger partial charge in [-0.05, 0) is 44.7 Å². The molecule has 6 nitrogen and oxygen atoms in total. The molecule has 24 heavy (non-hydrogen) atoms. The van der Waals surface area contributed by atoms with Gasteiger partial charge in [0, 0.05) is 22.7 Å². The molecule has 1 aliphatic rings. The van der Waals surface area contributed by atoms with Crippen molar-refractivity contribution in [1.82, 2.24) is 20.2 Å². The number of H-pyrrole nitrogens is 1. The minimum absolute atomic E-state index is 0.148. The summed E-state index contributed by atoms with van der Waals surface area (Å²) >= 11 is 0. The lowest BCUT2D eigenvalue weighted by atomic mass is 9.93. The van der Waals surface area contributed by atoms with E-state index in [1.165, 1.54) is 0 Å². The van der Waals surface area contributed by atoms with E-state index in [9.17, 15) is 5.11 Å². The first-order valence-corrected chi connectivity index (χ1v) is 8.41. The number of fused-ring (bicyclic) bond motifs is 1. The molecule has 1 aromatic carbocycles. The van der Waals surface area contributed by atoms with Gasteiger partial charge in [0.25, 0.3) is 0 Å². The second kappa shape index (κ2) is 6.20. The molecule has 0 amide bonds. The van der Waals surface area contributed by atoms with Crippen molar-refractivity contribution in [2.75, 3.05) is 5.32 Å². The maximum absolute atomic E-state index is 9.61. The third-order valence-corrected chi connectivity index (χ3v) is 4.72. The van der Waals surface area contributed by atoms with Gasteiger partial charge < -0.3 is 10.4 Å². The molecule has 0 saturated heterocycles. The van der Waals surface area contributed by atoms with Crippen LogP contribution in [0.1, 0.15) is 31.4 Å². The minimum Gasteiger partial charge on any atom is -0.393 e. The maximum Gasteiger partial charge on any atom is 0.145 e. The number of hydrogen-bond acceptors (Lipinski definition) is 5. The highest BCUT2D eigenvalue weighted by Crippen LogP contribution is 2.25. The number of aliphatic hydroxyl groups is 1. The van der Waals surface area contributed by atoms with Gasteiger partial charge in [-0.3, -0.25) is 10.1 Å². The molecule has 0 atom stereocenters. The Morgan fingerprint density at radius 1 is 1.17 bits per heavy atom. The monoisotopic (exact) mass is 323 g/mol. The van der Waals surface area contributed by atoms with Crippen LogP contribution in [-0.4, -0.2) is 37.4 Å². The summed E-state index contributed by atoms with van der Waals surface area (Å²) in [7, 11) is 0. The lowest BCUT2D eigenvalue weighted by Gasteiger charge is -2.26. The molecule has 4 rings (SSSR count). The zero-order valence-electron chi connectivity index (χ0n) is 13.7. The Morgan fingerprint density at radius 2 is 2.00 bits per heavy atom. The predicted molar refractivity (Wildman–Crippen MR) is 93.7 cm³/mol. The number of aliphatic hydroxyl groups excluding tert-OH is 1. The SMILES string of the molecule is Cc1[nH]nc2ccc(-c3cncc(NC4CCC(O)CC4)n3)cc12. The lowest BCUT2D eigenvalue weighted by molar-refractivity contribution is 0.126. The molecular formula is C18H21N5O. The van der Waals surface area contributed by atoms with Crippen LogP contribution in [0.4, 0.5) is 5.82 Å². The van der Waals surface area contributed by atoms with Gasteiger partial charge in [0.05, 0.1) is 29.7 Å². The first-order valence-electron chi connectivity index (χ1n) is 8.41. The molecule has 1 aliphatic carbocycles. The molecule has 0 bridgehead atoms. The van der Waals surface area contributed by atoms with Gasteiger partial charge in [0.1, 0.15) is 5.82 Å². The molecule has 2 aromatic heterocycles. The first-order chi connectivity index (χ1) is 11.7. The van der Waals surface area contributed by atoms with Crippen LogP contribution < -0.4 is 5.32 Å². The number of nitrogens with zero attached hydrogens (tertiary/aromatic N) is 3. The Bertz CT molecular complexity index is 851. The molecule has 6 heteroatoms. The van der Waals surface area contributed by atoms with Crippen molar-refractivity contribution in [2.45, 2.75) is 44.8 Å². The van der Waals surface area contributed by atoms with Crippen LogP contribution in [0.5, 0.6) is 0 Å². The number of aromatic amines is 1. The van der Waals surface area contributed by atoms with Gasteiger partial charge in [0.15, 0.2) is 0 Å². The van der Waals surface area contributed by atoms with Gasteiger partial charge in [-0.25, -0.2) is 4.98 Å². The van der Waals surface area contributed by atoms with Crippen LogP contribution in [0, 0.1) is 6.92 Å². The first kappa shape index (κ1) is 15.1. The van der Waals surface area contributed by atoms with Crippen LogP contribution in [0.15, 0.2) is 30.6 Å². The summed E-state index contributed by atoms with van der Waals surface area (Å²) in [5.41, 5.74) is 3.88. The highest BCUT2D eigenvalue weighted by atomic mass is 16.3. The van der Waals surface area contributed by atoms with Crippen LogP contribution in [-0.2, 0) is 0 Å². The molecule has 0 radical (unpaired) electrons. The van der Waals surface area contributed by atoms with E-state index in [2.05, 4.69) is 26.6 Å². The van der Waals surface area contributed by atoms with E-state index in [1.807, 2.05) is 19.1 Å². The fourth-order valence-electron chi connectivity index (χ4n) is 3.30. The molecule has 3 aromatic rings. The van der Waals surface area contributed by atoms with Gasteiger partial charge in [-0.1, -0.05) is 6.07 Å². The fraction of sp³-hybridized carbons (Fsp3) is 0.389. The zero-order valence-corrected chi connectivity index (χ0v) is 13.7. The van der Waals surface area contributed by atoms with Crippen LogP contribution in [0.2, 0.25) is 0 Å². The Labute approximate surface area is 140 Å². The molecule has 1 fully saturated rings. The van der Waals surface area contributed by atoms with E-state index < -0.39 is 0 Å². The second-order valence-corrected chi connectivity index (χ2v) is 6.52. The molecule has 0 aliphatic heterocycles. The average Bonchev–Trinajstić information content (AvgIpc) is 2.98. The summed E-state index contributed by atoms with van der Waals surface area (Å²) in [6, 6.07) is 6.47. The van der Waals surface area contributed by atoms with Crippen molar-refractivity contribution in [3.05, 3.63) is 36.3 Å². The van der Waals surface area contributed by atoms with E-state index in [-0.39, 0.29) is 6.10 Å². The Hall–Kier alpha value is -2.47. The van der Waals surface area contributed by atoms with E-state index in [4.69, 9.17) is 4.98 Å². The van der Waals surface area contributed by atoms with Crippen molar-refractivity contribution in [3.8, 4) is 11.3 Å². The number of nitrogens with one attached hydrogen (secondary N) is 2. The van der Waals surface area contributed by atoms with Crippen molar-refractivity contribution in [2.24, 2.45) is 0 Å². The fourth-order valence-corrected chi connectivity index (χ4v) is 3.30. The molecule has 2 heterocycles.